The molecule has 9 heteroatoms. The molecule has 2 aliphatic rings. The lowest BCUT2D eigenvalue weighted by atomic mass is 10.1. The highest BCUT2D eigenvalue weighted by Crippen LogP contribution is 2.28. The smallest absolute Gasteiger partial charge is 0.407 e. The van der Waals surface area contributed by atoms with Crippen molar-refractivity contribution in [1.82, 2.24) is 10.3 Å². The van der Waals surface area contributed by atoms with Crippen LogP contribution in [-0.4, -0.2) is 61.5 Å². The molecule has 1 atom stereocenters. The van der Waals surface area contributed by atoms with E-state index in [1.807, 2.05) is 20.8 Å². The van der Waals surface area contributed by atoms with Gasteiger partial charge >= 0.3 is 6.09 Å². The van der Waals surface area contributed by atoms with E-state index < -0.39 is 17.7 Å². The molecule has 0 bridgehead atoms. The minimum atomic E-state index is -0.532. The number of alkyl carbamates (subject to hydrolysis) is 1. The predicted molar refractivity (Wildman–Crippen MR) is 102 cm³/mol. The number of amides is 2. The lowest BCUT2D eigenvalue weighted by molar-refractivity contribution is -0.117. The second kappa shape index (κ2) is 7.90. The third-order valence-corrected chi connectivity index (χ3v) is 4.43. The topological polar surface area (TPSA) is 84.0 Å². The van der Waals surface area contributed by atoms with Crippen molar-refractivity contribution in [1.29, 1.82) is 0 Å². The van der Waals surface area contributed by atoms with E-state index in [0.29, 0.717) is 29.9 Å². The Morgan fingerprint density at radius 3 is 2.63 bits per heavy atom. The van der Waals surface area contributed by atoms with E-state index in [1.165, 1.54) is 4.90 Å². The van der Waals surface area contributed by atoms with E-state index in [-0.39, 0.29) is 18.9 Å². The average Bonchev–Trinajstić information content (AvgIpc) is 2.93. The average molecular weight is 397 g/mol. The summed E-state index contributed by atoms with van der Waals surface area (Å²) in [5.74, 6) is 1.03. The van der Waals surface area contributed by atoms with Crippen LogP contribution in [0, 0.1) is 0 Å². The molecule has 27 heavy (non-hydrogen) atoms. The van der Waals surface area contributed by atoms with Gasteiger partial charge in [0.15, 0.2) is 0 Å². The van der Waals surface area contributed by atoms with Gasteiger partial charge in [-0.05, 0) is 32.9 Å². The first-order chi connectivity index (χ1) is 12.7. The van der Waals surface area contributed by atoms with Crippen molar-refractivity contribution in [3.63, 3.8) is 0 Å². The standard InChI is InChI=1S/C18H25ClN4O4/c1-18(2,3)21-17(25)27-13-10-16(24)23(11-13)15-9-12(19)8-14(20-15)22-4-6-26-7-5-22/h8-9,13H,4-7,10-11H2,1-3H3,(H,21,25)/t13-/m1/s1. The van der Waals surface area contributed by atoms with Crippen LogP contribution in [-0.2, 0) is 14.3 Å². The van der Waals surface area contributed by atoms with Crippen LogP contribution in [0.25, 0.3) is 0 Å². The molecule has 0 aromatic carbocycles. The van der Waals surface area contributed by atoms with Gasteiger partial charge in [-0.15, -0.1) is 0 Å². The maximum Gasteiger partial charge on any atom is 0.407 e. The molecular weight excluding hydrogens is 372 g/mol. The monoisotopic (exact) mass is 396 g/mol. The quantitative estimate of drug-likeness (QED) is 0.843. The fraction of sp³-hybridized carbons (Fsp3) is 0.611. The number of aromatic nitrogens is 1. The van der Waals surface area contributed by atoms with Crippen LogP contribution in [0.3, 0.4) is 0 Å². The zero-order valence-electron chi connectivity index (χ0n) is 15.8. The van der Waals surface area contributed by atoms with Gasteiger partial charge in [0.05, 0.1) is 26.2 Å². The third-order valence-electron chi connectivity index (χ3n) is 4.22. The SMILES string of the molecule is CC(C)(C)NC(=O)O[C@@H]1CC(=O)N(c2cc(Cl)cc(N3CCOCC3)n2)C1. The van der Waals surface area contributed by atoms with Crippen molar-refractivity contribution in [2.45, 2.75) is 38.8 Å². The molecule has 2 fully saturated rings. The van der Waals surface area contributed by atoms with Gasteiger partial charge in [0.1, 0.15) is 17.7 Å². The molecule has 0 aliphatic carbocycles. The van der Waals surface area contributed by atoms with Gasteiger partial charge in [0.25, 0.3) is 0 Å². The van der Waals surface area contributed by atoms with E-state index in [0.717, 1.165) is 13.1 Å². The maximum atomic E-state index is 12.4. The largest absolute Gasteiger partial charge is 0.444 e. The molecule has 3 rings (SSSR count). The predicted octanol–water partition coefficient (Wildman–Crippen LogP) is 2.20. The summed E-state index contributed by atoms with van der Waals surface area (Å²) in [6.07, 6.45) is -0.929. The molecule has 1 aromatic rings. The first-order valence-corrected chi connectivity index (χ1v) is 9.38. The summed E-state index contributed by atoms with van der Waals surface area (Å²) >= 11 is 6.26. The number of carbonyl (C=O) groups excluding carboxylic acids is 2. The summed E-state index contributed by atoms with van der Waals surface area (Å²) in [6.45, 7) is 8.55. The normalized spacial score (nSPS) is 20.7. The minimum Gasteiger partial charge on any atom is -0.444 e. The van der Waals surface area contributed by atoms with Crippen LogP contribution in [0.1, 0.15) is 27.2 Å². The molecule has 0 radical (unpaired) electrons. The Balaban J connectivity index is 1.70. The highest BCUT2D eigenvalue weighted by atomic mass is 35.5. The summed E-state index contributed by atoms with van der Waals surface area (Å²) in [7, 11) is 0. The highest BCUT2D eigenvalue weighted by molar-refractivity contribution is 6.31. The number of rotatable bonds is 3. The number of anilines is 2. The number of halogens is 1. The summed E-state index contributed by atoms with van der Waals surface area (Å²) in [6, 6.07) is 3.43. The van der Waals surface area contributed by atoms with E-state index in [4.69, 9.17) is 21.1 Å². The Morgan fingerprint density at radius 2 is 1.96 bits per heavy atom. The zero-order chi connectivity index (χ0) is 19.6. The molecule has 0 spiro atoms. The Morgan fingerprint density at radius 1 is 1.30 bits per heavy atom. The van der Waals surface area contributed by atoms with E-state index in [2.05, 4.69) is 15.2 Å². The fourth-order valence-corrected chi connectivity index (χ4v) is 3.22. The first-order valence-electron chi connectivity index (χ1n) is 9.01. The molecule has 1 N–H and O–H groups in total. The van der Waals surface area contributed by atoms with Gasteiger partial charge in [0, 0.05) is 23.7 Å². The Bertz CT molecular complexity index is 716. The Hall–Kier alpha value is -2.06. The van der Waals surface area contributed by atoms with Crippen LogP contribution >= 0.6 is 11.6 Å². The van der Waals surface area contributed by atoms with Gasteiger partial charge in [-0.1, -0.05) is 11.6 Å². The van der Waals surface area contributed by atoms with Crippen molar-refractivity contribution in [3.05, 3.63) is 17.2 Å². The number of ether oxygens (including phenoxy) is 2. The molecule has 8 nitrogen and oxygen atoms in total. The molecule has 148 valence electrons. The number of nitrogens with one attached hydrogen (secondary N) is 1. The van der Waals surface area contributed by atoms with Crippen molar-refractivity contribution in [2.75, 3.05) is 42.6 Å². The van der Waals surface area contributed by atoms with Gasteiger partial charge in [-0.25, -0.2) is 9.78 Å². The molecule has 2 amide bonds. The van der Waals surface area contributed by atoms with Gasteiger partial charge in [0.2, 0.25) is 5.91 Å². The second-order valence-corrected chi connectivity index (χ2v) is 8.15. The Kier molecular flexibility index (Phi) is 5.76. The van der Waals surface area contributed by atoms with E-state index in [1.54, 1.807) is 12.1 Å². The van der Waals surface area contributed by atoms with E-state index >= 15 is 0 Å². The molecule has 0 unspecified atom stereocenters. The summed E-state index contributed by atoms with van der Waals surface area (Å²) < 4.78 is 10.7. The molecule has 3 heterocycles. The molecular formula is C18H25ClN4O4. The second-order valence-electron chi connectivity index (χ2n) is 7.71. The van der Waals surface area contributed by atoms with Crippen molar-refractivity contribution in [2.24, 2.45) is 0 Å². The summed E-state index contributed by atoms with van der Waals surface area (Å²) in [4.78, 5) is 32.6. The Labute approximate surface area is 163 Å². The van der Waals surface area contributed by atoms with Crippen molar-refractivity contribution >= 4 is 35.2 Å². The highest BCUT2D eigenvalue weighted by Gasteiger charge is 2.35. The van der Waals surface area contributed by atoms with Gasteiger partial charge < -0.3 is 19.7 Å². The molecule has 2 saturated heterocycles. The maximum absolute atomic E-state index is 12.4. The van der Waals surface area contributed by atoms with Crippen LogP contribution < -0.4 is 15.1 Å². The number of hydrogen-bond acceptors (Lipinski definition) is 6. The first kappa shape index (κ1) is 19.7. The van der Waals surface area contributed by atoms with E-state index in [9.17, 15) is 9.59 Å². The molecule has 0 saturated carbocycles. The lowest BCUT2D eigenvalue weighted by Gasteiger charge is -2.29. The van der Waals surface area contributed by atoms with Gasteiger partial charge in [-0.2, -0.15) is 0 Å². The van der Waals surface area contributed by atoms with Crippen molar-refractivity contribution in [3.8, 4) is 0 Å². The number of hydrogen-bond donors (Lipinski definition) is 1. The summed E-state index contributed by atoms with van der Waals surface area (Å²) in [5.41, 5.74) is -0.402. The number of pyridine rings is 1. The third kappa shape index (κ3) is 5.23. The number of morpholine rings is 1. The van der Waals surface area contributed by atoms with Crippen LogP contribution in [0.5, 0.6) is 0 Å². The minimum absolute atomic E-state index is 0.124. The van der Waals surface area contributed by atoms with Crippen LogP contribution in [0.4, 0.5) is 16.4 Å². The zero-order valence-corrected chi connectivity index (χ0v) is 16.6. The fourth-order valence-electron chi connectivity index (χ4n) is 3.03. The summed E-state index contributed by atoms with van der Waals surface area (Å²) in [5, 5.41) is 3.23. The van der Waals surface area contributed by atoms with Crippen LogP contribution in [0.15, 0.2) is 12.1 Å². The van der Waals surface area contributed by atoms with Crippen LogP contribution in [0.2, 0.25) is 5.02 Å². The van der Waals surface area contributed by atoms with Crippen molar-refractivity contribution < 1.29 is 19.1 Å². The number of carbonyl (C=O) groups is 2. The molecule has 2 aliphatic heterocycles. The van der Waals surface area contributed by atoms with Gasteiger partial charge in [-0.3, -0.25) is 9.69 Å². The lowest BCUT2D eigenvalue weighted by Crippen LogP contribution is -2.42. The molecule has 1 aromatic heterocycles. The number of nitrogens with zero attached hydrogens (tertiary/aromatic N) is 3.